The van der Waals surface area contributed by atoms with Crippen molar-refractivity contribution in [2.45, 2.75) is 32.7 Å². The van der Waals surface area contributed by atoms with E-state index in [1.165, 1.54) is 23.8 Å². The molecule has 2 heterocycles. The zero-order valence-electron chi connectivity index (χ0n) is 14.8. The molecule has 0 bridgehead atoms. The van der Waals surface area contributed by atoms with Crippen molar-refractivity contribution in [1.82, 2.24) is 10.2 Å². The number of hydrogen-bond acceptors (Lipinski definition) is 3. The lowest BCUT2D eigenvalue weighted by Gasteiger charge is -2.36. The number of rotatable bonds is 5. The van der Waals surface area contributed by atoms with Gasteiger partial charge in [-0.25, -0.2) is 4.39 Å². The minimum atomic E-state index is -0.340. The molecular formula is C20H25FN2OS. The molecular weight excluding hydrogens is 335 g/mol. The van der Waals surface area contributed by atoms with Gasteiger partial charge in [-0.05, 0) is 67.9 Å². The van der Waals surface area contributed by atoms with E-state index in [-0.39, 0.29) is 17.8 Å². The lowest BCUT2D eigenvalue weighted by atomic mass is 9.97. The van der Waals surface area contributed by atoms with Gasteiger partial charge in [0.15, 0.2) is 0 Å². The summed E-state index contributed by atoms with van der Waals surface area (Å²) >= 11 is 1.72. The molecule has 25 heavy (non-hydrogen) atoms. The van der Waals surface area contributed by atoms with Gasteiger partial charge in [0.25, 0.3) is 5.91 Å². The molecule has 0 aliphatic carbocycles. The van der Waals surface area contributed by atoms with Crippen molar-refractivity contribution in [2.75, 3.05) is 19.6 Å². The molecule has 1 fully saturated rings. The number of carbonyl (C=O) groups excluding carboxylic acids is 1. The van der Waals surface area contributed by atoms with Crippen LogP contribution in [0.4, 0.5) is 4.39 Å². The summed E-state index contributed by atoms with van der Waals surface area (Å²) in [4.78, 5) is 16.2. The van der Waals surface area contributed by atoms with Gasteiger partial charge in [-0.15, -0.1) is 11.3 Å². The van der Waals surface area contributed by atoms with Crippen LogP contribution in [0.3, 0.4) is 0 Å². The Bertz CT molecular complexity index is 708. The molecule has 134 valence electrons. The molecule has 2 aromatic rings. The van der Waals surface area contributed by atoms with Gasteiger partial charge in [-0.3, -0.25) is 9.69 Å². The molecule has 5 heteroatoms. The third kappa shape index (κ3) is 4.47. The maximum atomic E-state index is 13.7. The van der Waals surface area contributed by atoms with Crippen molar-refractivity contribution in [3.63, 3.8) is 0 Å². The fourth-order valence-corrected chi connectivity index (χ4v) is 4.12. The fraction of sp³-hybridized carbons (Fsp3) is 0.450. The van der Waals surface area contributed by atoms with Crippen molar-refractivity contribution in [2.24, 2.45) is 5.92 Å². The van der Waals surface area contributed by atoms with Crippen molar-refractivity contribution < 1.29 is 9.18 Å². The Kier molecular flexibility index (Phi) is 5.86. The van der Waals surface area contributed by atoms with Gasteiger partial charge < -0.3 is 5.32 Å². The minimum Gasteiger partial charge on any atom is -0.350 e. The number of likely N-dealkylation sites (tertiary alicyclic amines) is 1. The summed E-state index contributed by atoms with van der Waals surface area (Å²) in [7, 11) is 0. The molecule has 1 saturated heterocycles. The van der Waals surface area contributed by atoms with Crippen molar-refractivity contribution in [3.8, 4) is 0 Å². The molecule has 0 radical (unpaired) electrons. The van der Waals surface area contributed by atoms with E-state index in [0.29, 0.717) is 17.7 Å². The maximum absolute atomic E-state index is 13.7. The smallest absolute Gasteiger partial charge is 0.251 e. The summed E-state index contributed by atoms with van der Waals surface area (Å²) < 4.78 is 13.7. The van der Waals surface area contributed by atoms with Gasteiger partial charge in [-0.2, -0.15) is 0 Å². The number of thiophene rings is 1. The average Bonchev–Trinajstić information content (AvgIpc) is 3.13. The Hall–Kier alpha value is -1.72. The highest BCUT2D eigenvalue weighted by Crippen LogP contribution is 2.29. The zero-order valence-corrected chi connectivity index (χ0v) is 15.6. The standard InChI is InChI=1S/C20H25FN2OS/c1-14-7-9-23(10-8-14)18(19-4-3-11-25-19)13-22-20(24)16-6-5-15(2)17(21)12-16/h3-6,11-12,14,18H,7-10,13H2,1-2H3,(H,22,24). The van der Waals surface area contributed by atoms with Crippen LogP contribution < -0.4 is 5.32 Å². The number of aryl methyl sites for hydroxylation is 1. The molecule has 1 N–H and O–H groups in total. The van der Waals surface area contributed by atoms with Crippen LogP contribution in [0.5, 0.6) is 0 Å². The number of piperidine rings is 1. The summed E-state index contributed by atoms with van der Waals surface area (Å²) in [6.07, 6.45) is 2.39. The van der Waals surface area contributed by atoms with Gasteiger partial charge in [0.05, 0.1) is 6.04 Å². The topological polar surface area (TPSA) is 32.3 Å². The molecule has 3 rings (SSSR count). The van der Waals surface area contributed by atoms with E-state index in [4.69, 9.17) is 0 Å². The van der Waals surface area contributed by atoms with E-state index in [1.54, 1.807) is 30.4 Å². The highest BCUT2D eigenvalue weighted by Gasteiger charge is 2.25. The third-order valence-electron chi connectivity index (χ3n) is 5.02. The molecule has 1 atom stereocenters. The Morgan fingerprint density at radius 1 is 1.36 bits per heavy atom. The molecule has 1 aliphatic rings. The van der Waals surface area contributed by atoms with Crippen LogP contribution >= 0.6 is 11.3 Å². The second-order valence-electron chi connectivity index (χ2n) is 6.92. The Morgan fingerprint density at radius 2 is 2.12 bits per heavy atom. The number of nitrogens with one attached hydrogen (secondary N) is 1. The van der Waals surface area contributed by atoms with Gasteiger partial charge in [-0.1, -0.05) is 19.1 Å². The van der Waals surface area contributed by atoms with E-state index in [2.05, 4.69) is 34.7 Å². The predicted molar refractivity (Wildman–Crippen MR) is 101 cm³/mol. The fourth-order valence-electron chi connectivity index (χ4n) is 3.26. The van der Waals surface area contributed by atoms with Crippen LogP contribution in [0.25, 0.3) is 0 Å². The molecule has 1 amide bonds. The van der Waals surface area contributed by atoms with Crippen molar-refractivity contribution in [3.05, 3.63) is 57.5 Å². The maximum Gasteiger partial charge on any atom is 0.251 e. The number of amides is 1. The van der Waals surface area contributed by atoms with Crippen LogP contribution in [0.15, 0.2) is 35.7 Å². The first-order valence-corrected chi connectivity index (χ1v) is 9.74. The first-order chi connectivity index (χ1) is 12.0. The Morgan fingerprint density at radius 3 is 2.76 bits per heavy atom. The van der Waals surface area contributed by atoms with Crippen LogP contribution in [-0.2, 0) is 0 Å². The van der Waals surface area contributed by atoms with E-state index >= 15 is 0 Å². The van der Waals surface area contributed by atoms with Crippen LogP contribution in [0.1, 0.15) is 46.6 Å². The lowest BCUT2D eigenvalue weighted by molar-refractivity contribution is 0.0914. The molecule has 0 saturated carbocycles. The monoisotopic (exact) mass is 360 g/mol. The van der Waals surface area contributed by atoms with Crippen LogP contribution in [-0.4, -0.2) is 30.4 Å². The van der Waals surface area contributed by atoms with Gasteiger partial charge >= 0.3 is 0 Å². The highest BCUT2D eigenvalue weighted by atomic mass is 32.1. The molecule has 3 nitrogen and oxygen atoms in total. The van der Waals surface area contributed by atoms with Crippen LogP contribution in [0.2, 0.25) is 0 Å². The third-order valence-corrected chi connectivity index (χ3v) is 5.99. The van der Waals surface area contributed by atoms with E-state index in [0.717, 1.165) is 19.0 Å². The number of benzene rings is 1. The largest absolute Gasteiger partial charge is 0.350 e. The van der Waals surface area contributed by atoms with E-state index in [9.17, 15) is 9.18 Å². The molecule has 0 spiro atoms. The number of hydrogen-bond donors (Lipinski definition) is 1. The van der Waals surface area contributed by atoms with Gasteiger partial charge in [0.2, 0.25) is 0 Å². The number of nitrogens with zero attached hydrogens (tertiary/aromatic N) is 1. The summed E-state index contributed by atoms with van der Waals surface area (Å²) in [5, 5.41) is 5.08. The summed E-state index contributed by atoms with van der Waals surface area (Å²) in [6.45, 7) is 6.65. The predicted octanol–water partition coefficient (Wildman–Crippen LogP) is 4.40. The highest BCUT2D eigenvalue weighted by molar-refractivity contribution is 7.10. The summed E-state index contributed by atoms with van der Waals surface area (Å²) in [5.41, 5.74) is 0.927. The summed E-state index contributed by atoms with van der Waals surface area (Å²) in [5.74, 6) is 0.212. The minimum absolute atomic E-state index is 0.187. The molecule has 1 aliphatic heterocycles. The Balaban J connectivity index is 1.68. The van der Waals surface area contributed by atoms with E-state index < -0.39 is 0 Å². The quantitative estimate of drug-likeness (QED) is 0.857. The molecule has 1 aromatic carbocycles. The summed E-state index contributed by atoms with van der Waals surface area (Å²) in [6, 6.07) is 9.00. The second kappa shape index (κ2) is 8.11. The van der Waals surface area contributed by atoms with Crippen LogP contribution in [0, 0.1) is 18.7 Å². The lowest BCUT2D eigenvalue weighted by Crippen LogP contribution is -2.41. The zero-order chi connectivity index (χ0) is 17.8. The first kappa shape index (κ1) is 18.1. The second-order valence-corrected chi connectivity index (χ2v) is 7.90. The van der Waals surface area contributed by atoms with Crippen molar-refractivity contribution >= 4 is 17.2 Å². The Labute approximate surface area is 152 Å². The van der Waals surface area contributed by atoms with Gasteiger partial charge in [0.1, 0.15) is 5.82 Å². The molecule has 1 unspecified atom stereocenters. The SMILES string of the molecule is Cc1ccc(C(=O)NCC(c2cccs2)N2CCC(C)CC2)cc1F. The van der Waals surface area contributed by atoms with Gasteiger partial charge in [0, 0.05) is 17.0 Å². The molecule has 1 aromatic heterocycles. The first-order valence-electron chi connectivity index (χ1n) is 8.86. The number of carbonyl (C=O) groups is 1. The van der Waals surface area contributed by atoms with Crippen molar-refractivity contribution in [1.29, 1.82) is 0 Å². The number of halogens is 1. The van der Waals surface area contributed by atoms with E-state index in [1.807, 2.05) is 0 Å². The normalized spacial score (nSPS) is 17.4. The average molecular weight is 360 g/mol.